The lowest BCUT2D eigenvalue weighted by molar-refractivity contribution is -0.141. The molecule has 1 saturated heterocycles. The first kappa shape index (κ1) is 34.0. The molecule has 0 unspecified atom stereocenters. The molecule has 2 aliphatic rings. The van der Waals surface area contributed by atoms with Crippen molar-refractivity contribution < 1.29 is 28.8 Å². The molecule has 0 spiro atoms. The standard InChI is InChI=1S/C29H40N8O6S2/c1-14(2)10-17-25(40)33-16(7-8-21(30)38)28-35-18(13-45-28)24(39)31-11-22-32-19(12-44-22)26(41)36-23(15(3)4)29(43)37-9-5-6-20(37)27(42)34-17/h12-17,20,23H,5-11H2,1-4H3,(H2,30,38)(H,31,39)(H,33,40)(H,34,42)(H,36,41)/t16-,17-,20-,23-/m0/s1. The van der Waals surface area contributed by atoms with E-state index >= 15 is 0 Å². The number of fused-ring (bicyclic) bond motifs is 5. The first-order valence-corrected chi connectivity index (χ1v) is 16.8. The predicted molar refractivity (Wildman–Crippen MR) is 167 cm³/mol. The molecule has 0 radical (unpaired) electrons. The molecule has 0 aromatic carbocycles. The molecule has 16 heteroatoms. The van der Waals surface area contributed by atoms with Gasteiger partial charge in [-0.25, -0.2) is 9.97 Å². The zero-order valence-electron chi connectivity index (χ0n) is 25.8. The Bertz CT molecular complexity index is 1440. The van der Waals surface area contributed by atoms with E-state index in [1.54, 1.807) is 24.6 Å². The number of nitrogens with one attached hydrogen (secondary N) is 4. The molecule has 2 aromatic heterocycles. The smallest absolute Gasteiger partial charge is 0.271 e. The van der Waals surface area contributed by atoms with Gasteiger partial charge in [-0.2, -0.15) is 0 Å². The van der Waals surface area contributed by atoms with E-state index in [0.717, 1.165) is 11.3 Å². The van der Waals surface area contributed by atoms with Crippen LogP contribution in [-0.4, -0.2) is 75.0 Å². The van der Waals surface area contributed by atoms with Crippen molar-refractivity contribution in [2.45, 2.75) is 90.5 Å². The van der Waals surface area contributed by atoms with Crippen LogP contribution < -0.4 is 27.0 Å². The number of hydrogen-bond donors (Lipinski definition) is 5. The van der Waals surface area contributed by atoms with Crippen LogP contribution in [0.2, 0.25) is 0 Å². The number of nitrogens with two attached hydrogens (primary N) is 1. The number of hydrogen-bond acceptors (Lipinski definition) is 10. The Labute approximate surface area is 269 Å². The van der Waals surface area contributed by atoms with Gasteiger partial charge in [-0.3, -0.25) is 28.8 Å². The van der Waals surface area contributed by atoms with Gasteiger partial charge in [0, 0.05) is 23.7 Å². The lowest BCUT2D eigenvalue weighted by atomic mass is 10.0. The zero-order chi connectivity index (χ0) is 32.8. The van der Waals surface area contributed by atoms with Gasteiger partial charge in [-0.05, 0) is 37.5 Å². The lowest BCUT2D eigenvalue weighted by Crippen LogP contribution is -2.57. The van der Waals surface area contributed by atoms with Crippen LogP contribution in [0.4, 0.5) is 0 Å². The number of carbonyl (C=O) groups is 6. The minimum Gasteiger partial charge on any atom is -0.370 e. The fourth-order valence-electron chi connectivity index (χ4n) is 5.29. The quantitative estimate of drug-likeness (QED) is 0.304. The molecular formula is C29H40N8O6S2. The fraction of sp³-hybridized carbons (Fsp3) is 0.586. The summed E-state index contributed by atoms with van der Waals surface area (Å²) < 4.78 is 0. The first-order chi connectivity index (χ1) is 21.3. The minimum atomic E-state index is -0.942. The van der Waals surface area contributed by atoms with E-state index in [4.69, 9.17) is 5.73 Å². The Morgan fingerprint density at radius 3 is 2.33 bits per heavy atom. The number of primary amides is 1. The maximum atomic E-state index is 13.8. The largest absolute Gasteiger partial charge is 0.370 e. The van der Waals surface area contributed by atoms with Crippen LogP contribution in [0.25, 0.3) is 0 Å². The van der Waals surface area contributed by atoms with Crippen molar-refractivity contribution in [1.82, 2.24) is 36.1 Å². The van der Waals surface area contributed by atoms with Gasteiger partial charge in [0.1, 0.15) is 39.5 Å². The highest BCUT2D eigenvalue weighted by Gasteiger charge is 2.40. The van der Waals surface area contributed by atoms with E-state index in [0.29, 0.717) is 35.8 Å². The normalized spacial score (nSPS) is 23.6. The highest BCUT2D eigenvalue weighted by molar-refractivity contribution is 7.10. The highest BCUT2D eigenvalue weighted by atomic mass is 32.1. The Balaban J connectivity index is 1.69. The van der Waals surface area contributed by atoms with Crippen LogP contribution in [0.15, 0.2) is 10.8 Å². The van der Waals surface area contributed by atoms with Gasteiger partial charge in [-0.1, -0.05) is 27.7 Å². The second kappa shape index (κ2) is 14.9. The van der Waals surface area contributed by atoms with Crippen molar-refractivity contribution in [2.75, 3.05) is 6.54 Å². The van der Waals surface area contributed by atoms with Gasteiger partial charge in [-0.15, -0.1) is 22.7 Å². The third-order valence-electron chi connectivity index (χ3n) is 7.63. The number of carbonyl (C=O) groups excluding carboxylic acids is 6. The summed E-state index contributed by atoms with van der Waals surface area (Å²) in [5.41, 5.74) is 5.62. The molecule has 6 N–H and O–H groups in total. The number of amides is 6. The molecule has 4 bridgehead atoms. The monoisotopic (exact) mass is 660 g/mol. The number of rotatable bonds is 6. The van der Waals surface area contributed by atoms with Crippen molar-refractivity contribution in [1.29, 1.82) is 0 Å². The average molecular weight is 661 g/mol. The Kier molecular flexibility index (Phi) is 11.3. The van der Waals surface area contributed by atoms with Gasteiger partial charge in [0.05, 0.1) is 12.6 Å². The van der Waals surface area contributed by atoms with Crippen LogP contribution in [-0.2, 0) is 25.7 Å². The van der Waals surface area contributed by atoms with Crippen LogP contribution in [0, 0.1) is 11.8 Å². The second-order valence-corrected chi connectivity index (χ2v) is 13.9. The minimum absolute atomic E-state index is 0.0303. The molecular weight excluding hydrogens is 621 g/mol. The summed E-state index contributed by atoms with van der Waals surface area (Å²) in [5, 5.41) is 15.3. The van der Waals surface area contributed by atoms with Crippen molar-refractivity contribution in [2.24, 2.45) is 17.6 Å². The van der Waals surface area contributed by atoms with Crippen LogP contribution in [0.3, 0.4) is 0 Å². The topological polar surface area (TPSA) is 206 Å². The summed E-state index contributed by atoms with van der Waals surface area (Å²) in [4.78, 5) is 89.0. The Morgan fingerprint density at radius 1 is 0.956 bits per heavy atom. The molecule has 244 valence electrons. The molecule has 0 saturated carbocycles. The van der Waals surface area contributed by atoms with Crippen LogP contribution in [0.1, 0.15) is 96.8 Å². The van der Waals surface area contributed by atoms with E-state index in [-0.39, 0.29) is 48.5 Å². The summed E-state index contributed by atoms with van der Waals surface area (Å²) in [6.07, 6.45) is 1.41. The van der Waals surface area contributed by atoms with Crippen molar-refractivity contribution in [3.8, 4) is 0 Å². The maximum absolute atomic E-state index is 13.8. The van der Waals surface area contributed by atoms with E-state index < -0.39 is 53.7 Å². The molecule has 45 heavy (non-hydrogen) atoms. The maximum Gasteiger partial charge on any atom is 0.271 e. The van der Waals surface area contributed by atoms with E-state index in [9.17, 15) is 28.8 Å². The highest BCUT2D eigenvalue weighted by Crippen LogP contribution is 2.25. The molecule has 1 fully saturated rings. The summed E-state index contributed by atoms with van der Waals surface area (Å²) in [6.45, 7) is 7.82. The number of aromatic nitrogens is 2. The summed E-state index contributed by atoms with van der Waals surface area (Å²) in [7, 11) is 0. The average Bonchev–Trinajstić information content (AvgIpc) is 3.76. The van der Waals surface area contributed by atoms with E-state index in [1.165, 1.54) is 16.2 Å². The third kappa shape index (κ3) is 8.63. The van der Waals surface area contributed by atoms with E-state index in [2.05, 4.69) is 31.2 Å². The van der Waals surface area contributed by atoms with Gasteiger partial charge < -0.3 is 31.9 Å². The van der Waals surface area contributed by atoms with Gasteiger partial charge in [0.15, 0.2) is 0 Å². The summed E-state index contributed by atoms with van der Waals surface area (Å²) in [5.74, 6) is -3.18. The lowest BCUT2D eigenvalue weighted by Gasteiger charge is -2.31. The zero-order valence-corrected chi connectivity index (χ0v) is 27.4. The van der Waals surface area contributed by atoms with Gasteiger partial charge in [0.2, 0.25) is 23.6 Å². The van der Waals surface area contributed by atoms with Crippen molar-refractivity contribution in [3.05, 3.63) is 32.2 Å². The summed E-state index contributed by atoms with van der Waals surface area (Å²) in [6, 6.07) is -3.42. The van der Waals surface area contributed by atoms with Crippen molar-refractivity contribution >= 4 is 58.1 Å². The molecule has 0 aliphatic carbocycles. The molecule has 2 aliphatic heterocycles. The molecule has 4 heterocycles. The molecule has 2 aromatic rings. The number of nitrogens with zero attached hydrogens (tertiary/aromatic N) is 3. The van der Waals surface area contributed by atoms with Crippen LogP contribution >= 0.6 is 22.7 Å². The predicted octanol–water partition coefficient (Wildman–Crippen LogP) is 1.24. The SMILES string of the molecule is CC(C)C[C@@H]1NC(=O)[C@@H]2CCCN2C(=O)[C@H](C(C)C)NC(=O)c2csc(n2)CNC(=O)c2csc(n2)[C@H](CCC(N)=O)NC1=O. The Morgan fingerprint density at radius 2 is 1.64 bits per heavy atom. The van der Waals surface area contributed by atoms with Gasteiger partial charge in [0.25, 0.3) is 11.8 Å². The van der Waals surface area contributed by atoms with Crippen LogP contribution in [0.5, 0.6) is 0 Å². The fourth-order valence-corrected chi connectivity index (χ4v) is 6.89. The van der Waals surface area contributed by atoms with Gasteiger partial charge >= 0.3 is 0 Å². The molecule has 14 nitrogen and oxygen atoms in total. The third-order valence-corrected chi connectivity index (χ3v) is 9.44. The number of thiazole rings is 2. The summed E-state index contributed by atoms with van der Waals surface area (Å²) >= 11 is 2.33. The van der Waals surface area contributed by atoms with Crippen molar-refractivity contribution in [3.63, 3.8) is 0 Å². The first-order valence-electron chi connectivity index (χ1n) is 15.0. The Hall–Kier alpha value is -3.92. The second-order valence-electron chi connectivity index (χ2n) is 12.0. The van der Waals surface area contributed by atoms with E-state index in [1.807, 2.05) is 13.8 Å². The molecule has 4 atom stereocenters. The molecule has 4 rings (SSSR count). The molecule has 6 amide bonds.